The minimum absolute atomic E-state index is 0.252. The molecule has 0 fully saturated rings. The SMILES string of the molecule is CCC(O)CN(CC)C(C)c1cccc(OC)c1. The third-order valence-corrected chi connectivity index (χ3v) is 3.45. The molecule has 0 aromatic heterocycles. The Bertz CT molecular complexity index is 354. The molecule has 0 saturated heterocycles. The maximum Gasteiger partial charge on any atom is 0.119 e. The number of aliphatic hydroxyl groups is 1. The second-order valence-electron chi connectivity index (χ2n) is 4.60. The van der Waals surface area contributed by atoms with Crippen LogP contribution in [-0.2, 0) is 0 Å². The Hall–Kier alpha value is -1.06. The summed E-state index contributed by atoms with van der Waals surface area (Å²) in [4.78, 5) is 2.28. The predicted molar refractivity (Wildman–Crippen MR) is 75.0 cm³/mol. The summed E-state index contributed by atoms with van der Waals surface area (Å²) in [6.45, 7) is 7.94. The average Bonchev–Trinajstić information content (AvgIpc) is 2.43. The number of ether oxygens (including phenoxy) is 1. The van der Waals surface area contributed by atoms with E-state index in [0.29, 0.717) is 6.54 Å². The van der Waals surface area contributed by atoms with Crippen LogP contribution < -0.4 is 4.74 Å². The normalized spacial score (nSPS) is 14.6. The van der Waals surface area contributed by atoms with Gasteiger partial charge in [-0.2, -0.15) is 0 Å². The predicted octanol–water partition coefficient (Wildman–Crippen LogP) is 2.85. The van der Waals surface area contributed by atoms with Crippen molar-refractivity contribution >= 4 is 0 Å². The van der Waals surface area contributed by atoms with E-state index in [0.717, 1.165) is 18.7 Å². The summed E-state index contributed by atoms with van der Waals surface area (Å²) < 4.78 is 5.25. The molecule has 102 valence electrons. The van der Waals surface area contributed by atoms with Gasteiger partial charge in [-0.3, -0.25) is 4.90 Å². The third-order valence-electron chi connectivity index (χ3n) is 3.45. The van der Waals surface area contributed by atoms with E-state index >= 15 is 0 Å². The highest BCUT2D eigenvalue weighted by Gasteiger charge is 2.17. The Kier molecular flexibility index (Phi) is 6.16. The molecule has 0 aliphatic carbocycles. The van der Waals surface area contributed by atoms with Crippen molar-refractivity contribution < 1.29 is 9.84 Å². The van der Waals surface area contributed by atoms with Crippen molar-refractivity contribution in [2.45, 2.75) is 39.3 Å². The second-order valence-corrected chi connectivity index (χ2v) is 4.60. The maximum absolute atomic E-state index is 9.79. The number of rotatable bonds is 7. The topological polar surface area (TPSA) is 32.7 Å². The van der Waals surface area contributed by atoms with E-state index in [4.69, 9.17) is 4.74 Å². The maximum atomic E-state index is 9.79. The van der Waals surface area contributed by atoms with Crippen molar-refractivity contribution in [3.8, 4) is 5.75 Å². The monoisotopic (exact) mass is 251 g/mol. The van der Waals surface area contributed by atoms with Crippen LogP contribution in [0, 0.1) is 0 Å². The number of hydrogen-bond acceptors (Lipinski definition) is 3. The van der Waals surface area contributed by atoms with Gasteiger partial charge in [-0.15, -0.1) is 0 Å². The third kappa shape index (κ3) is 4.00. The molecule has 0 spiro atoms. The van der Waals surface area contributed by atoms with Crippen LogP contribution in [0.15, 0.2) is 24.3 Å². The lowest BCUT2D eigenvalue weighted by atomic mass is 10.1. The number of methoxy groups -OCH3 is 1. The molecule has 0 aliphatic rings. The number of nitrogens with zero attached hydrogens (tertiary/aromatic N) is 1. The number of hydrogen-bond donors (Lipinski definition) is 1. The molecule has 0 aliphatic heterocycles. The van der Waals surface area contributed by atoms with Crippen molar-refractivity contribution in [2.24, 2.45) is 0 Å². The first kappa shape index (κ1) is 15.0. The molecule has 2 atom stereocenters. The van der Waals surface area contributed by atoms with Gasteiger partial charge in [-0.25, -0.2) is 0 Å². The fourth-order valence-corrected chi connectivity index (χ4v) is 2.07. The summed E-state index contributed by atoms with van der Waals surface area (Å²) in [5.74, 6) is 0.881. The molecule has 3 heteroatoms. The molecule has 0 bridgehead atoms. The van der Waals surface area contributed by atoms with Crippen LogP contribution >= 0.6 is 0 Å². The van der Waals surface area contributed by atoms with E-state index in [-0.39, 0.29) is 12.1 Å². The molecule has 1 N–H and O–H groups in total. The van der Waals surface area contributed by atoms with Crippen LogP contribution in [0.3, 0.4) is 0 Å². The fraction of sp³-hybridized carbons (Fsp3) is 0.600. The van der Waals surface area contributed by atoms with E-state index in [2.05, 4.69) is 30.9 Å². The van der Waals surface area contributed by atoms with Gasteiger partial charge in [-0.05, 0) is 37.6 Å². The van der Waals surface area contributed by atoms with Gasteiger partial charge >= 0.3 is 0 Å². The van der Waals surface area contributed by atoms with Crippen molar-refractivity contribution in [1.82, 2.24) is 4.90 Å². The summed E-state index contributed by atoms with van der Waals surface area (Å²) in [7, 11) is 1.68. The summed E-state index contributed by atoms with van der Waals surface area (Å²) >= 11 is 0. The Morgan fingerprint density at radius 1 is 1.33 bits per heavy atom. The standard InChI is InChI=1S/C15H25NO2/c1-5-14(17)11-16(6-2)12(3)13-8-7-9-15(10-13)18-4/h7-10,12,14,17H,5-6,11H2,1-4H3. The zero-order valence-corrected chi connectivity index (χ0v) is 11.9. The fourth-order valence-electron chi connectivity index (χ4n) is 2.07. The van der Waals surface area contributed by atoms with E-state index in [1.807, 2.05) is 19.1 Å². The van der Waals surface area contributed by atoms with Crippen LogP contribution in [0.5, 0.6) is 5.75 Å². The highest BCUT2D eigenvalue weighted by Crippen LogP contribution is 2.24. The number of aliphatic hydroxyl groups excluding tert-OH is 1. The van der Waals surface area contributed by atoms with Crippen molar-refractivity contribution in [3.05, 3.63) is 29.8 Å². The Morgan fingerprint density at radius 2 is 2.06 bits per heavy atom. The summed E-state index contributed by atoms with van der Waals surface area (Å²) in [6, 6.07) is 8.41. The van der Waals surface area contributed by atoms with Gasteiger partial charge in [0.1, 0.15) is 5.75 Å². The molecular weight excluding hydrogens is 226 g/mol. The van der Waals surface area contributed by atoms with Gasteiger partial charge in [0.25, 0.3) is 0 Å². The van der Waals surface area contributed by atoms with Gasteiger partial charge in [-0.1, -0.05) is 26.0 Å². The lowest BCUT2D eigenvalue weighted by molar-refractivity contribution is 0.0917. The number of likely N-dealkylation sites (N-methyl/N-ethyl adjacent to an activating group) is 1. The molecule has 0 heterocycles. The van der Waals surface area contributed by atoms with Crippen LogP contribution in [0.4, 0.5) is 0 Å². The molecular formula is C15H25NO2. The van der Waals surface area contributed by atoms with Gasteiger partial charge in [0.2, 0.25) is 0 Å². The molecule has 0 saturated carbocycles. The van der Waals surface area contributed by atoms with E-state index in [1.54, 1.807) is 7.11 Å². The molecule has 2 unspecified atom stereocenters. The zero-order valence-electron chi connectivity index (χ0n) is 11.9. The van der Waals surface area contributed by atoms with Crippen LogP contribution in [0.2, 0.25) is 0 Å². The highest BCUT2D eigenvalue weighted by molar-refractivity contribution is 5.30. The Balaban J connectivity index is 2.78. The average molecular weight is 251 g/mol. The molecule has 18 heavy (non-hydrogen) atoms. The minimum Gasteiger partial charge on any atom is -0.497 e. The molecule has 0 amide bonds. The van der Waals surface area contributed by atoms with E-state index in [1.165, 1.54) is 5.56 Å². The van der Waals surface area contributed by atoms with Crippen LogP contribution in [0.25, 0.3) is 0 Å². The van der Waals surface area contributed by atoms with E-state index < -0.39 is 0 Å². The molecule has 1 rings (SSSR count). The summed E-state index contributed by atoms with van der Waals surface area (Å²) in [6.07, 6.45) is 0.541. The van der Waals surface area contributed by atoms with E-state index in [9.17, 15) is 5.11 Å². The van der Waals surface area contributed by atoms with Gasteiger partial charge in [0.15, 0.2) is 0 Å². The van der Waals surface area contributed by atoms with Crippen LogP contribution in [0.1, 0.15) is 38.8 Å². The lowest BCUT2D eigenvalue weighted by Crippen LogP contribution is -2.34. The second kappa shape index (κ2) is 7.39. The largest absolute Gasteiger partial charge is 0.497 e. The first-order chi connectivity index (χ1) is 8.62. The van der Waals surface area contributed by atoms with Gasteiger partial charge in [0.05, 0.1) is 13.2 Å². The van der Waals surface area contributed by atoms with Crippen molar-refractivity contribution in [2.75, 3.05) is 20.2 Å². The van der Waals surface area contributed by atoms with Gasteiger partial charge < -0.3 is 9.84 Å². The first-order valence-corrected chi connectivity index (χ1v) is 6.68. The van der Waals surface area contributed by atoms with Crippen molar-refractivity contribution in [1.29, 1.82) is 0 Å². The van der Waals surface area contributed by atoms with Crippen LogP contribution in [-0.4, -0.2) is 36.3 Å². The van der Waals surface area contributed by atoms with Gasteiger partial charge in [0, 0.05) is 12.6 Å². The molecule has 0 radical (unpaired) electrons. The molecule has 1 aromatic carbocycles. The molecule has 3 nitrogen and oxygen atoms in total. The Morgan fingerprint density at radius 3 is 2.61 bits per heavy atom. The lowest BCUT2D eigenvalue weighted by Gasteiger charge is -2.30. The Labute approximate surface area is 110 Å². The summed E-state index contributed by atoms with van der Waals surface area (Å²) in [5, 5.41) is 9.79. The molecule has 1 aromatic rings. The zero-order chi connectivity index (χ0) is 13.5. The first-order valence-electron chi connectivity index (χ1n) is 6.68. The smallest absolute Gasteiger partial charge is 0.119 e. The summed E-state index contributed by atoms with van der Waals surface area (Å²) in [5.41, 5.74) is 1.22. The highest BCUT2D eigenvalue weighted by atomic mass is 16.5. The quantitative estimate of drug-likeness (QED) is 0.809. The number of benzene rings is 1. The van der Waals surface area contributed by atoms with Crippen molar-refractivity contribution in [3.63, 3.8) is 0 Å². The minimum atomic E-state index is -0.252.